The fourth-order valence-corrected chi connectivity index (χ4v) is 2.70. The van der Waals surface area contributed by atoms with Crippen molar-refractivity contribution in [2.75, 3.05) is 13.2 Å². The number of ether oxygens (including phenoxy) is 1. The summed E-state index contributed by atoms with van der Waals surface area (Å²) in [5.74, 6) is 0.852. The molecule has 0 fully saturated rings. The number of fused-ring (bicyclic) bond motifs is 2. The molecule has 0 atom stereocenters. The molecule has 23 heavy (non-hydrogen) atoms. The molecule has 6 heteroatoms. The molecule has 1 aromatic carbocycles. The van der Waals surface area contributed by atoms with Crippen LogP contribution in [0.15, 0.2) is 25.8 Å². The van der Waals surface area contributed by atoms with E-state index in [1.165, 1.54) is 6.07 Å². The standard InChI is InChI=1S/C17H19NO4.ClH/c1-9-6-15(19)22-16-12(9)7-13-10(2)11(3)21-17(13)14(16)8-20-5-4-18;/h6-7H,4-5,8,18H2,1-3H3;1H. The zero-order chi connectivity index (χ0) is 15.9. The van der Waals surface area contributed by atoms with Gasteiger partial charge in [-0.1, -0.05) is 0 Å². The quantitative estimate of drug-likeness (QED) is 0.583. The number of hydrogen-bond donors (Lipinski definition) is 1. The van der Waals surface area contributed by atoms with Gasteiger partial charge in [0.2, 0.25) is 0 Å². The minimum atomic E-state index is -0.371. The van der Waals surface area contributed by atoms with Crippen LogP contribution in [0.4, 0.5) is 0 Å². The lowest BCUT2D eigenvalue weighted by atomic mass is 10.0. The third-order valence-electron chi connectivity index (χ3n) is 3.98. The minimum absolute atomic E-state index is 0. The van der Waals surface area contributed by atoms with E-state index in [1.54, 1.807) is 0 Å². The summed E-state index contributed by atoms with van der Waals surface area (Å²) in [5, 5.41) is 1.93. The van der Waals surface area contributed by atoms with E-state index in [0.29, 0.717) is 30.9 Å². The number of nitrogens with two attached hydrogens (primary N) is 1. The van der Waals surface area contributed by atoms with Crippen molar-refractivity contribution in [2.45, 2.75) is 27.4 Å². The molecule has 0 amide bonds. The summed E-state index contributed by atoms with van der Waals surface area (Å²) in [6.07, 6.45) is 0. The molecule has 5 nitrogen and oxygen atoms in total. The maximum Gasteiger partial charge on any atom is 0.336 e. The van der Waals surface area contributed by atoms with Crippen LogP contribution in [0.1, 0.15) is 22.5 Å². The van der Waals surface area contributed by atoms with Crippen molar-refractivity contribution in [3.05, 3.63) is 45.0 Å². The van der Waals surface area contributed by atoms with Crippen LogP contribution in [0.25, 0.3) is 21.9 Å². The second-order valence-corrected chi connectivity index (χ2v) is 5.48. The summed E-state index contributed by atoms with van der Waals surface area (Å²) < 4.78 is 16.9. The fraction of sp³-hybridized carbons (Fsp3) is 0.353. The van der Waals surface area contributed by atoms with Crippen LogP contribution >= 0.6 is 12.4 Å². The van der Waals surface area contributed by atoms with Gasteiger partial charge in [0.1, 0.15) is 16.9 Å². The van der Waals surface area contributed by atoms with Gasteiger partial charge in [-0.05, 0) is 38.0 Å². The first kappa shape index (κ1) is 17.5. The highest BCUT2D eigenvalue weighted by atomic mass is 35.5. The van der Waals surface area contributed by atoms with Gasteiger partial charge in [-0.15, -0.1) is 12.4 Å². The van der Waals surface area contributed by atoms with Crippen molar-refractivity contribution in [3.8, 4) is 0 Å². The van der Waals surface area contributed by atoms with Gasteiger partial charge >= 0.3 is 5.63 Å². The summed E-state index contributed by atoms with van der Waals surface area (Å²) in [5.41, 5.74) is 9.08. The Morgan fingerprint density at radius 1 is 1.09 bits per heavy atom. The van der Waals surface area contributed by atoms with Crippen LogP contribution in [-0.4, -0.2) is 13.2 Å². The van der Waals surface area contributed by atoms with Gasteiger partial charge in [0, 0.05) is 23.4 Å². The van der Waals surface area contributed by atoms with Crippen molar-refractivity contribution in [1.82, 2.24) is 0 Å². The molecule has 0 unspecified atom stereocenters. The Hall–Kier alpha value is -1.82. The second-order valence-electron chi connectivity index (χ2n) is 5.48. The zero-order valence-electron chi connectivity index (χ0n) is 13.4. The second kappa shape index (κ2) is 6.74. The summed E-state index contributed by atoms with van der Waals surface area (Å²) in [6, 6.07) is 3.52. The Morgan fingerprint density at radius 3 is 2.48 bits per heavy atom. The van der Waals surface area contributed by atoms with Crippen LogP contribution in [0.5, 0.6) is 0 Å². The predicted octanol–water partition coefficient (Wildman–Crippen LogP) is 3.36. The van der Waals surface area contributed by atoms with E-state index in [9.17, 15) is 4.79 Å². The molecule has 0 saturated carbocycles. The molecule has 3 aromatic rings. The van der Waals surface area contributed by atoms with E-state index >= 15 is 0 Å². The average molecular weight is 338 g/mol. The molecule has 2 heterocycles. The van der Waals surface area contributed by atoms with E-state index in [-0.39, 0.29) is 18.0 Å². The molecule has 124 valence electrons. The van der Waals surface area contributed by atoms with E-state index < -0.39 is 0 Å². The molecule has 0 radical (unpaired) electrons. The van der Waals surface area contributed by atoms with Gasteiger partial charge in [-0.25, -0.2) is 4.79 Å². The molecule has 0 aliphatic carbocycles. The number of benzene rings is 1. The van der Waals surface area contributed by atoms with Crippen molar-refractivity contribution in [1.29, 1.82) is 0 Å². The summed E-state index contributed by atoms with van der Waals surface area (Å²) >= 11 is 0. The van der Waals surface area contributed by atoms with Gasteiger partial charge in [0.15, 0.2) is 0 Å². The maximum atomic E-state index is 11.7. The average Bonchev–Trinajstić information content (AvgIpc) is 2.75. The van der Waals surface area contributed by atoms with Crippen molar-refractivity contribution >= 4 is 34.3 Å². The van der Waals surface area contributed by atoms with Crippen LogP contribution in [0.3, 0.4) is 0 Å². The molecular formula is C17H20ClNO4. The van der Waals surface area contributed by atoms with E-state index in [0.717, 1.165) is 33.2 Å². The van der Waals surface area contributed by atoms with Crippen LogP contribution in [-0.2, 0) is 11.3 Å². The SMILES string of the molecule is Cc1oc2c(COCCN)c3oc(=O)cc(C)c3cc2c1C.Cl. The van der Waals surface area contributed by atoms with Crippen molar-refractivity contribution in [3.63, 3.8) is 0 Å². The maximum absolute atomic E-state index is 11.7. The lowest BCUT2D eigenvalue weighted by molar-refractivity contribution is 0.128. The molecule has 0 spiro atoms. The van der Waals surface area contributed by atoms with E-state index in [4.69, 9.17) is 19.3 Å². The molecule has 0 saturated heterocycles. The first-order valence-electron chi connectivity index (χ1n) is 7.26. The van der Waals surface area contributed by atoms with Crippen LogP contribution in [0, 0.1) is 20.8 Å². The van der Waals surface area contributed by atoms with Crippen molar-refractivity contribution < 1.29 is 13.6 Å². The molecule has 0 aliphatic heterocycles. The van der Waals surface area contributed by atoms with Gasteiger partial charge in [0.05, 0.1) is 18.8 Å². The van der Waals surface area contributed by atoms with Crippen molar-refractivity contribution in [2.24, 2.45) is 5.73 Å². The smallest absolute Gasteiger partial charge is 0.336 e. The Labute approximate surface area is 139 Å². The first-order chi connectivity index (χ1) is 10.5. The van der Waals surface area contributed by atoms with E-state index in [2.05, 4.69) is 0 Å². The topological polar surface area (TPSA) is 78.6 Å². The molecule has 3 rings (SSSR count). The number of halogens is 1. The normalized spacial score (nSPS) is 11.1. The first-order valence-corrected chi connectivity index (χ1v) is 7.26. The number of aryl methyl sites for hydroxylation is 3. The Kier molecular flexibility index (Phi) is 5.14. The lowest BCUT2D eigenvalue weighted by Crippen LogP contribution is -2.09. The largest absolute Gasteiger partial charge is 0.461 e. The zero-order valence-corrected chi connectivity index (χ0v) is 14.2. The predicted molar refractivity (Wildman–Crippen MR) is 92.4 cm³/mol. The highest BCUT2D eigenvalue weighted by Crippen LogP contribution is 2.34. The minimum Gasteiger partial charge on any atom is -0.461 e. The Morgan fingerprint density at radius 2 is 1.78 bits per heavy atom. The molecule has 2 N–H and O–H groups in total. The van der Waals surface area contributed by atoms with Crippen LogP contribution < -0.4 is 11.4 Å². The fourth-order valence-electron chi connectivity index (χ4n) is 2.70. The van der Waals surface area contributed by atoms with Gasteiger partial charge in [-0.2, -0.15) is 0 Å². The van der Waals surface area contributed by atoms with E-state index in [1.807, 2.05) is 26.8 Å². The third kappa shape index (κ3) is 3.00. The number of rotatable bonds is 4. The highest BCUT2D eigenvalue weighted by molar-refractivity contribution is 6.00. The molecule has 0 aliphatic rings. The van der Waals surface area contributed by atoms with Gasteiger partial charge < -0.3 is 19.3 Å². The monoisotopic (exact) mass is 337 g/mol. The third-order valence-corrected chi connectivity index (χ3v) is 3.98. The number of furan rings is 1. The molecule has 0 bridgehead atoms. The van der Waals surface area contributed by atoms with Gasteiger partial charge in [0.25, 0.3) is 0 Å². The lowest BCUT2D eigenvalue weighted by Gasteiger charge is -2.09. The Balaban J connectivity index is 0.00000192. The number of hydrogen-bond acceptors (Lipinski definition) is 5. The summed E-state index contributed by atoms with van der Waals surface area (Å²) in [4.78, 5) is 11.7. The molecular weight excluding hydrogens is 318 g/mol. The van der Waals surface area contributed by atoms with Gasteiger partial charge in [-0.3, -0.25) is 0 Å². The van der Waals surface area contributed by atoms with Crippen LogP contribution in [0.2, 0.25) is 0 Å². The Bertz CT molecular complexity index is 910. The highest BCUT2D eigenvalue weighted by Gasteiger charge is 2.18. The summed E-state index contributed by atoms with van der Waals surface area (Å²) in [6.45, 7) is 7.01. The summed E-state index contributed by atoms with van der Waals surface area (Å²) in [7, 11) is 0. The molecule has 2 aromatic heterocycles.